The molecule has 1 unspecified atom stereocenters. The van der Waals surface area contributed by atoms with Crippen LogP contribution in [0.5, 0.6) is 0 Å². The van der Waals surface area contributed by atoms with E-state index >= 15 is 0 Å². The molecule has 0 aliphatic carbocycles. The predicted molar refractivity (Wildman–Crippen MR) is 85.4 cm³/mol. The van der Waals surface area contributed by atoms with Crippen LogP contribution in [0, 0.1) is 13.8 Å². The Kier molecular flexibility index (Phi) is 3.99. The second kappa shape index (κ2) is 5.40. The van der Waals surface area contributed by atoms with Gasteiger partial charge in [-0.25, -0.2) is 4.98 Å². The smallest absolute Gasteiger partial charge is 0.266 e. The lowest BCUT2D eigenvalue weighted by molar-refractivity contribution is 0.0746. The van der Waals surface area contributed by atoms with Crippen LogP contribution < -0.4 is 5.73 Å². The lowest BCUT2D eigenvalue weighted by atomic mass is 10.1. The van der Waals surface area contributed by atoms with E-state index in [1.165, 1.54) is 11.3 Å². The van der Waals surface area contributed by atoms with E-state index in [2.05, 4.69) is 11.9 Å². The van der Waals surface area contributed by atoms with Crippen molar-refractivity contribution in [1.82, 2.24) is 9.88 Å². The highest BCUT2D eigenvalue weighted by molar-refractivity contribution is 7.21. The number of nitrogens with two attached hydrogens (primary N) is 1. The molecule has 1 atom stereocenters. The molecule has 0 aliphatic rings. The summed E-state index contributed by atoms with van der Waals surface area (Å²) >= 11 is 1.39. The zero-order chi connectivity index (χ0) is 15.0. The molecule has 2 N–H and O–H groups in total. The molecule has 0 saturated heterocycles. The van der Waals surface area contributed by atoms with Crippen molar-refractivity contribution in [2.24, 2.45) is 0 Å². The minimum Gasteiger partial charge on any atom is -0.397 e. The van der Waals surface area contributed by atoms with Crippen molar-refractivity contribution in [2.45, 2.75) is 40.2 Å². The van der Waals surface area contributed by atoms with E-state index in [-0.39, 0.29) is 11.9 Å². The van der Waals surface area contributed by atoms with Gasteiger partial charge in [-0.05, 0) is 38.8 Å². The Labute approximate surface area is 123 Å². The van der Waals surface area contributed by atoms with E-state index in [0.717, 1.165) is 27.9 Å². The predicted octanol–water partition coefficient (Wildman–Crippen LogP) is 3.37. The fraction of sp³-hybridized carbons (Fsp3) is 0.467. The van der Waals surface area contributed by atoms with Gasteiger partial charge in [-0.2, -0.15) is 0 Å². The number of aryl methyl sites for hydroxylation is 2. The first kappa shape index (κ1) is 14.8. The molecular weight excluding hydrogens is 270 g/mol. The number of pyridine rings is 1. The van der Waals surface area contributed by atoms with Crippen molar-refractivity contribution in [3.8, 4) is 0 Å². The molecule has 2 rings (SSSR count). The maximum absolute atomic E-state index is 12.6. The molecule has 5 heteroatoms. The highest BCUT2D eigenvalue weighted by Gasteiger charge is 2.23. The fourth-order valence-corrected chi connectivity index (χ4v) is 3.46. The number of nitrogen functional groups attached to an aromatic ring is 1. The average Bonchev–Trinajstić information content (AvgIpc) is 2.73. The summed E-state index contributed by atoms with van der Waals surface area (Å²) in [6, 6.07) is 2.20. The van der Waals surface area contributed by atoms with Gasteiger partial charge in [0, 0.05) is 24.2 Å². The summed E-state index contributed by atoms with van der Waals surface area (Å²) in [5.74, 6) is -0.0168. The van der Waals surface area contributed by atoms with Crippen LogP contribution in [-0.4, -0.2) is 28.9 Å². The first-order valence-corrected chi connectivity index (χ1v) is 7.61. The Morgan fingerprint density at radius 3 is 2.75 bits per heavy atom. The average molecular weight is 291 g/mol. The SMILES string of the molecule is CCC(C)N(C)C(=O)c1sc2nc(C)cc(C)c2c1N. The summed E-state index contributed by atoms with van der Waals surface area (Å²) in [5.41, 5.74) is 8.78. The molecule has 108 valence electrons. The second-order valence-corrected chi connectivity index (χ2v) is 6.28. The Hall–Kier alpha value is -1.62. The summed E-state index contributed by atoms with van der Waals surface area (Å²) in [6.07, 6.45) is 0.920. The molecule has 2 aromatic heterocycles. The number of thiophene rings is 1. The first-order valence-electron chi connectivity index (χ1n) is 6.80. The van der Waals surface area contributed by atoms with Crippen LogP contribution in [0.15, 0.2) is 6.07 Å². The normalized spacial score (nSPS) is 12.7. The molecule has 0 spiro atoms. The molecule has 0 radical (unpaired) electrons. The van der Waals surface area contributed by atoms with Gasteiger partial charge in [-0.3, -0.25) is 4.79 Å². The van der Waals surface area contributed by atoms with Crippen molar-refractivity contribution < 1.29 is 4.79 Å². The maximum atomic E-state index is 12.6. The Morgan fingerprint density at radius 1 is 1.50 bits per heavy atom. The van der Waals surface area contributed by atoms with Crippen molar-refractivity contribution >= 4 is 33.1 Å². The first-order chi connectivity index (χ1) is 9.36. The highest BCUT2D eigenvalue weighted by atomic mass is 32.1. The zero-order valence-corrected chi connectivity index (χ0v) is 13.5. The van der Waals surface area contributed by atoms with Gasteiger partial charge in [0.15, 0.2) is 0 Å². The number of hydrogen-bond acceptors (Lipinski definition) is 4. The molecule has 1 amide bonds. The molecule has 4 nitrogen and oxygen atoms in total. The van der Waals surface area contributed by atoms with Crippen LogP contribution in [0.4, 0.5) is 5.69 Å². The molecule has 20 heavy (non-hydrogen) atoms. The fourth-order valence-electron chi connectivity index (χ4n) is 2.26. The second-order valence-electron chi connectivity index (χ2n) is 5.28. The van der Waals surface area contributed by atoms with Gasteiger partial charge in [0.1, 0.15) is 9.71 Å². The number of aromatic nitrogens is 1. The number of anilines is 1. The molecule has 0 aromatic carbocycles. The number of carbonyl (C=O) groups excluding carboxylic acids is 1. The van der Waals surface area contributed by atoms with Crippen LogP contribution in [0.3, 0.4) is 0 Å². The third kappa shape index (κ3) is 2.38. The summed E-state index contributed by atoms with van der Waals surface area (Å²) in [6.45, 7) is 8.06. The van der Waals surface area contributed by atoms with Gasteiger partial charge in [-0.1, -0.05) is 6.92 Å². The molecule has 0 bridgehead atoms. The van der Waals surface area contributed by atoms with Gasteiger partial charge >= 0.3 is 0 Å². The molecule has 2 aromatic rings. The Morgan fingerprint density at radius 2 is 2.15 bits per heavy atom. The van der Waals surface area contributed by atoms with Crippen molar-refractivity contribution in [2.75, 3.05) is 12.8 Å². The number of fused-ring (bicyclic) bond motifs is 1. The molecular formula is C15H21N3OS. The summed E-state index contributed by atoms with van der Waals surface area (Å²) in [5, 5.41) is 0.918. The van der Waals surface area contributed by atoms with Crippen molar-refractivity contribution in [1.29, 1.82) is 0 Å². The standard InChI is InChI=1S/C15H21N3OS/c1-6-10(4)18(5)15(19)13-12(16)11-8(2)7-9(3)17-14(11)20-13/h7,10H,6,16H2,1-5H3. The monoisotopic (exact) mass is 291 g/mol. The van der Waals surface area contributed by atoms with Gasteiger partial charge in [-0.15, -0.1) is 11.3 Å². The van der Waals surface area contributed by atoms with E-state index in [1.807, 2.05) is 33.9 Å². The third-order valence-corrected chi connectivity index (χ3v) is 4.88. The van der Waals surface area contributed by atoms with Gasteiger partial charge < -0.3 is 10.6 Å². The molecule has 0 aliphatic heterocycles. The minimum absolute atomic E-state index is 0.0168. The van der Waals surface area contributed by atoms with Gasteiger partial charge in [0.2, 0.25) is 0 Å². The number of rotatable bonds is 3. The maximum Gasteiger partial charge on any atom is 0.266 e. The van der Waals surface area contributed by atoms with E-state index < -0.39 is 0 Å². The van der Waals surface area contributed by atoms with Crippen LogP contribution in [-0.2, 0) is 0 Å². The van der Waals surface area contributed by atoms with Crippen LogP contribution in [0.25, 0.3) is 10.2 Å². The highest BCUT2D eigenvalue weighted by Crippen LogP contribution is 2.35. The lowest BCUT2D eigenvalue weighted by Crippen LogP contribution is -2.34. The summed E-state index contributed by atoms with van der Waals surface area (Å²) in [4.78, 5) is 20.3. The summed E-state index contributed by atoms with van der Waals surface area (Å²) < 4.78 is 0. The lowest BCUT2D eigenvalue weighted by Gasteiger charge is -2.23. The number of amides is 1. The number of nitrogens with zero attached hydrogens (tertiary/aromatic N) is 2. The van der Waals surface area contributed by atoms with Gasteiger partial charge in [0.25, 0.3) is 5.91 Å². The topological polar surface area (TPSA) is 59.2 Å². The molecule has 0 fully saturated rings. The summed E-state index contributed by atoms with van der Waals surface area (Å²) in [7, 11) is 1.83. The van der Waals surface area contributed by atoms with Crippen molar-refractivity contribution in [3.63, 3.8) is 0 Å². The van der Waals surface area contributed by atoms with Crippen LogP contribution in [0.1, 0.15) is 41.2 Å². The third-order valence-electron chi connectivity index (χ3n) is 3.79. The molecule has 2 heterocycles. The zero-order valence-electron chi connectivity index (χ0n) is 12.7. The van der Waals surface area contributed by atoms with E-state index in [4.69, 9.17) is 5.73 Å². The minimum atomic E-state index is -0.0168. The Bertz CT molecular complexity index is 663. The quantitative estimate of drug-likeness (QED) is 0.943. The number of carbonyl (C=O) groups is 1. The largest absolute Gasteiger partial charge is 0.397 e. The molecule has 0 saturated carbocycles. The van der Waals surface area contributed by atoms with Crippen molar-refractivity contribution in [3.05, 3.63) is 22.2 Å². The Balaban J connectivity index is 2.53. The van der Waals surface area contributed by atoms with Gasteiger partial charge in [0.05, 0.1) is 5.69 Å². The van der Waals surface area contributed by atoms with E-state index in [1.54, 1.807) is 4.90 Å². The van der Waals surface area contributed by atoms with Crippen LogP contribution >= 0.6 is 11.3 Å². The van der Waals surface area contributed by atoms with E-state index in [0.29, 0.717) is 10.6 Å². The number of hydrogen-bond donors (Lipinski definition) is 1. The van der Waals surface area contributed by atoms with Crippen LogP contribution in [0.2, 0.25) is 0 Å². The van der Waals surface area contributed by atoms with E-state index in [9.17, 15) is 4.79 Å².